The van der Waals surface area contributed by atoms with Gasteiger partial charge in [0.1, 0.15) is 12.3 Å². The van der Waals surface area contributed by atoms with Crippen molar-refractivity contribution in [3.8, 4) is 5.75 Å². The fourth-order valence-electron chi connectivity index (χ4n) is 4.97. The Morgan fingerprint density at radius 3 is 2.25 bits per heavy atom. The molecule has 1 aromatic heterocycles. The number of hydrogen-bond acceptors (Lipinski definition) is 3. The first-order valence-electron chi connectivity index (χ1n) is 13.1. The molecule has 9 heteroatoms. The van der Waals surface area contributed by atoms with Crippen molar-refractivity contribution in [3.05, 3.63) is 102 Å². The lowest BCUT2D eigenvalue weighted by atomic mass is 9.97. The van der Waals surface area contributed by atoms with Gasteiger partial charge in [0.25, 0.3) is 0 Å². The summed E-state index contributed by atoms with van der Waals surface area (Å²) in [6.45, 7) is 3.60. The summed E-state index contributed by atoms with van der Waals surface area (Å²) >= 11 is 6.61. The van der Waals surface area contributed by atoms with E-state index >= 15 is 0 Å². The zero-order valence-electron chi connectivity index (χ0n) is 22.3. The van der Waals surface area contributed by atoms with E-state index in [1.54, 1.807) is 60.2 Å². The van der Waals surface area contributed by atoms with Crippen molar-refractivity contribution >= 4 is 28.5 Å². The van der Waals surface area contributed by atoms with Gasteiger partial charge in [0, 0.05) is 24.7 Å². The standard InChI is InChI=1S/C31H32ClF3N2O3/c1-22(24-10-5-3-6-11-24)20-37(30(32,31(33,34)35)25-12-7-4-8-13-25)19-16-23(2)40-28-15-9-14-27-26(28)17-18-36(27)21-29(38)39/h3-15,17-18,22-23H,16,19-21H2,1-2H3,(H,38,39). The van der Waals surface area contributed by atoms with Crippen LogP contribution in [-0.2, 0) is 16.3 Å². The minimum atomic E-state index is -4.75. The molecule has 0 spiro atoms. The number of aromatic nitrogens is 1. The van der Waals surface area contributed by atoms with E-state index in [1.165, 1.54) is 17.0 Å². The summed E-state index contributed by atoms with van der Waals surface area (Å²) < 4.78 is 52.1. The van der Waals surface area contributed by atoms with Gasteiger partial charge in [-0.2, -0.15) is 13.2 Å². The van der Waals surface area contributed by atoms with Crippen molar-refractivity contribution in [2.75, 3.05) is 13.1 Å². The van der Waals surface area contributed by atoms with Crippen molar-refractivity contribution in [3.63, 3.8) is 0 Å². The van der Waals surface area contributed by atoms with Crippen molar-refractivity contribution in [1.82, 2.24) is 9.47 Å². The number of ether oxygens (including phenoxy) is 1. The van der Waals surface area contributed by atoms with Crippen LogP contribution < -0.4 is 4.74 Å². The summed E-state index contributed by atoms with van der Waals surface area (Å²) in [5, 5.41) is 9.91. The van der Waals surface area contributed by atoms with Crippen molar-refractivity contribution in [1.29, 1.82) is 0 Å². The zero-order valence-corrected chi connectivity index (χ0v) is 23.1. The second kappa shape index (κ2) is 12.4. The molecule has 1 heterocycles. The maximum absolute atomic E-state index is 14.8. The average Bonchev–Trinajstić information content (AvgIpc) is 3.33. The van der Waals surface area contributed by atoms with Crippen LogP contribution in [0.1, 0.15) is 37.3 Å². The highest BCUT2D eigenvalue weighted by Crippen LogP contribution is 2.48. The Morgan fingerprint density at radius 1 is 0.975 bits per heavy atom. The van der Waals surface area contributed by atoms with Gasteiger partial charge in [-0.05, 0) is 48.6 Å². The number of nitrogens with zero attached hydrogens (tertiary/aromatic N) is 2. The Hall–Kier alpha value is -3.49. The molecule has 0 aliphatic rings. The zero-order chi connectivity index (χ0) is 28.9. The highest BCUT2D eigenvalue weighted by Gasteiger charge is 2.58. The molecule has 0 aliphatic carbocycles. The second-order valence-electron chi connectivity index (χ2n) is 9.99. The molecule has 0 fully saturated rings. The van der Waals surface area contributed by atoms with Crippen LogP contribution in [0.2, 0.25) is 0 Å². The van der Waals surface area contributed by atoms with Crippen LogP contribution in [0.15, 0.2) is 91.1 Å². The van der Waals surface area contributed by atoms with Gasteiger partial charge in [-0.15, -0.1) is 0 Å². The molecule has 0 saturated carbocycles. The largest absolute Gasteiger partial charge is 0.490 e. The molecule has 0 saturated heterocycles. The lowest BCUT2D eigenvalue weighted by Crippen LogP contribution is -2.54. The number of carboxylic acid groups (broad SMARTS) is 1. The van der Waals surface area contributed by atoms with Gasteiger partial charge in [0.15, 0.2) is 0 Å². The smallest absolute Gasteiger partial charge is 0.425 e. The van der Waals surface area contributed by atoms with Crippen LogP contribution in [0, 0.1) is 0 Å². The molecule has 3 aromatic carbocycles. The first-order valence-corrected chi connectivity index (χ1v) is 13.5. The van der Waals surface area contributed by atoms with E-state index in [1.807, 2.05) is 37.3 Å². The molecule has 0 aliphatic heterocycles. The first kappa shape index (κ1) is 29.5. The van der Waals surface area contributed by atoms with Gasteiger partial charge in [-0.25, -0.2) is 0 Å². The predicted molar refractivity (Wildman–Crippen MR) is 151 cm³/mol. The van der Waals surface area contributed by atoms with Crippen LogP contribution in [0.3, 0.4) is 0 Å². The maximum atomic E-state index is 14.8. The molecular formula is C31H32ClF3N2O3. The van der Waals surface area contributed by atoms with Crippen molar-refractivity contribution in [2.24, 2.45) is 0 Å². The summed E-state index contributed by atoms with van der Waals surface area (Å²) in [6.07, 6.45) is -3.26. The van der Waals surface area contributed by atoms with E-state index in [0.717, 1.165) is 10.9 Å². The molecular weight excluding hydrogens is 541 g/mol. The Labute approximate surface area is 236 Å². The second-order valence-corrected chi connectivity index (χ2v) is 10.5. The Balaban J connectivity index is 1.59. The van der Waals surface area contributed by atoms with Gasteiger partial charge in [-0.3, -0.25) is 9.69 Å². The molecule has 0 radical (unpaired) electrons. The molecule has 4 rings (SSSR count). The molecule has 0 amide bonds. The SMILES string of the molecule is CC(CCN(CC(C)c1ccccc1)C(Cl)(c1ccccc1)C(F)(F)F)Oc1cccc2c1ccn2CC(=O)O. The van der Waals surface area contributed by atoms with Crippen LogP contribution in [-0.4, -0.2) is 45.9 Å². The van der Waals surface area contributed by atoms with Gasteiger partial charge in [-0.1, -0.05) is 85.3 Å². The van der Waals surface area contributed by atoms with E-state index < -0.39 is 23.2 Å². The van der Waals surface area contributed by atoms with Crippen LogP contribution in [0.5, 0.6) is 5.75 Å². The number of rotatable bonds is 12. The van der Waals surface area contributed by atoms with Crippen molar-refractivity contribution < 1.29 is 27.8 Å². The number of carboxylic acids is 1. The van der Waals surface area contributed by atoms with Crippen LogP contribution in [0.4, 0.5) is 13.2 Å². The number of benzene rings is 3. The third-order valence-corrected chi connectivity index (χ3v) is 7.72. The fourth-order valence-corrected chi connectivity index (χ4v) is 5.25. The first-order chi connectivity index (χ1) is 19.0. The number of alkyl halides is 4. The Kier molecular flexibility index (Phi) is 9.11. The summed E-state index contributed by atoms with van der Waals surface area (Å²) in [6, 6.07) is 24.1. The maximum Gasteiger partial charge on any atom is 0.425 e. The van der Waals surface area contributed by atoms with Gasteiger partial charge < -0.3 is 14.4 Å². The Bertz CT molecular complexity index is 1410. The molecule has 5 nitrogen and oxygen atoms in total. The summed E-state index contributed by atoms with van der Waals surface area (Å²) in [5.74, 6) is -0.645. The van der Waals surface area contributed by atoms with Crippen LogP contribution in [0.25, 0.3) is 10.9 Å². The van der Waals surface area contributed by atoms with E-state index in [2.05, 4.69) is 0 Å². The monoisotopic (exact) mass is 572 g/mol. The summed E-state index contributed by atoms with van der Waals surface area (Å²) in [4.78, 5) is 9.76. The average molecular weight is 573 g/mol. The number of aliphatic carboxylic acids is 1. The molecule has 0 bridgehead atoms. The fraction of sp³-hybridized carbons (Fsp3) is 0.323. The Morgan fingerprint density at radius 2 is 1.62 bits per heavy atom. The van der Waals surface area contributed by atoms with E-state index in [-0.39, 0.29) is 37.5 Å². The number of carbonyl (C=O) groups is 1. The lowest BCUT2D eigenvalue weighted by Gasteiger charge is -2.42. The third-order valence-electron chi connectivity index (χ3n) is 7.04. The lowest BCUT2D eigenvalue weighted by molar-refractivity contribution is -0.207. The van der Waals surface area contributed by atoms with Gasteiger partial charge >= 0.3 is 12.1 Å². The van der Waals surface area contributed by atoms with E-state index in [0.29, 0.717) is 11.3 Å². The number of halogens is 4. The number of hydrogen-bond donors (Lipinski definition) is 1. The highest BCUT2D eigenvalue weighted by molar-refractivity contribution is 6.24. The highest BCUT2D eigenvalue weighted by atomic mass is 35.5. The summed E-state index contributed by atoms with van der Waals surface area (Å²) in [5.41, 5.74) is 1.58. The minimum absolute atomic E-state index is 0.0201. The van der Waals surface area contributed by atoms with Gasteiger partial charge in [0.2, 0.25) is 5.00 Å². The minimum Gasteiger partial charge on any atom is -0.490 e. The number of fused-ring (bicyclic) bond motifs is 1. The molecule has 1 N–H and O–H groups in total. The normalized spacial score (nSPS) is 15.1. The third kappa shape index (κ3) is 6.45. The molecule has 40 heavy (non-hydrogen) atoms. The quantitative estimate of drug-likeness (QED) is 0.140. The molecule has 212 valence electrons. The summed E-state index contributed by atoms with van der Waals surface area (Å²) in [7, 11) is 0. The topological polar surface area (TPSA) is 54.7 Å². The predicted octanol–water partition coefficient (Wildman–Crippen LogP) is 7.64. The van der Waals surface area contributed by atoms with Crippen LogP contribution >= 0.6 is 11.6 Å². The molecule has 4 aromatic rings. The van der Waals surface area contributed by atoms with Crippen molar-refractivity contribution in [2.45, 2.75) is 50.0 Å². The van der Waals surface area contributed by atoms with E-state index in [9.17, 15) is 23.1 Å². The van der Waals surface area contributed by atoms with Gasteiger partial charge in [0.05, 0.1) is 11.6 Å². The molecule has 3 unspecified atom stereocenters. The van der Waals surface area contributed by atoms with E-state index in [4.69, 9.17) is 16.3 Å². The molecule has 3 atom stereocenters.